The SMILES string of the molecule is CC(=O)OC1(c2ccccc2)OC(=O)C=C1[Si](C)(C)C. The van der Waals surface area contributed by atoms with E-state index in [0.717, 1.165) is 5.20 Å². The molecule has 0 saturated heterocycles. The van der Waals surface area contributed by atoms with Crippen LogP contribution in [0.2, 0.25) is 19.6 Å². The maximum Gasteiger partial charge on any atom is 0.334 e. The van der Waals surface area contributed by atoms with Crippen molar-refractivity contribution in [3.63, 3.8) is 0 Å². The van der Waals surface area contributed by atoms with Crippen molar-refractivity contribution >= 4 is 20.0 Å². The Kier molecular flexibility index (Phi) is 3.56. The van der Waals surface area contributed by atoms with Gasteiger partial charge in [0.1, 0.15) is 0 Å². The van der Waals surface area contributed by atoms with Crippen LogP contribution in [0.3, 0.4) is 0 Å². The lowest BCUT2D eigenvalue weighted by molar-refractivity contribution is -0.207. The number of benzene rings is 1. The quantitative estimate of drug-likeness (QED) is 0.634. The standard InChI is InChI=1S/C15H18O4Si/c1-11(16)18-15(12-8-6-5-7-9-12)13(20(2,3)4)10-14(17)19-15/h5-10H,1-4H3. The first kappa shape index (κ1) is 14.5. The summed E-state index contributed by atoms with van der Waals surface area (Å²) in [6, 6.07) is 9.12. The van der Waals surface area contributed by atoms with Crippen LogP contribution in [-0.4, -0.2) is 20.0 Å². The molecule has 0 radical (unpaired) electrons. The van der Waals surface area contributed by atoms with Crippen LogP contribution in [0, 0.1) is 0 Å². The number of hydrogen-bond donors (Lipinski definition) is 0. The first-order chi connectivity index (χ1) is 9.25. The summed E-state index contributed by atoms with van der Waals surface area (Å²) in [5.41, 5.74) is 0.662. The molecule has 20 heavy (non-hydrogen) atoms. The van der Waals surface area contributed by atoms with E-state index in [2.05, 4.69) is 19.6 Å². The van der Waals surface area contributed by atoms with Gasteiger partial charge in [0.25, 0.3) is 0 Å². The van der Waals surface area contributed by atoms with Gasteiger partial charge in [-0.3, -0.25) is 4.79 Å². The molecule has 1 atom stereocenters. The highest BCUT2D eigenvalue weighted by Gasteiger charge is 2.52. The van der Waals surface area contributed by atoms with Gasteiger partial charge in [-0.25, -0.2) is 4.79 Å². The monoisotopic (exact) mass is 290 g/mol. The summed E-state index contributed by atoms with van der Waals surface area (Å²) in [5.74, 6) is -2.34. The van der Waals surface area contributed by atoms with Gasteiger partial charge in [-0.15, -0.1) is 0 Å². The van der Waals surface area contributed by atoms with Crippen molar-refractivity contribution in [1.82, 2.24) is 0 Å². The maximum absolute atomic E-state index is 11.8. The van der Waals surface area contributed by atoms with Gasteiger partial charge in [-0.1, -0.05) is 50.0 Å². The molecule has 4 nitrogen and oxygen atoms in total. The van der Waals surface area contributed by atoms with E-state index in [1.54, 1.807) is 12.1 Å². The molecule has 5 heteroatoms. The highest BCUT2D eigenvalue weighted by Crippen LogP contribution is 2.43. The lowest BCUT2D eigenvalue weighted by Gasteiger charge is -2.35. The minimum absolute atomic E-state index is 0.465. The first-order valence-electron chi connectivity index (χ1n) is 6.46. The van der Waals surface area contributed by atoms with E-state index in [0.29, 0.717) is 5.56 Å². The van der Waals surface area contributed by atoms with E-state index in [4.69, 9.17) is 9.47 Å². The van der Waals surface area contributed by atoms with Crippen LogP contribution in [0.4, 0.5) is 0 Å². The van der Waals surface area contributed by atoms with E-state index in [1.807, 2.05) is 18.2 Å². The predicted molar refractivity (Wildman–Crippen MR) is 77.4 cm³/mol. The number of cyclic esters (lactones) is 1. The number of esters is 2. The summed E-state index contributed by atoms with van der Waals surface area (Å²) in [5, 5.41) is 0.774. The molecule has 1 aliphatic heterocycles. The highest BCUT2D eigenvalue weighted by molar-refractivity contribution is 6.83. The Hall–Kier alpha value is -1.88. The van der Waals surface area contributed by atoms with Gasteiger partial charge in [0.05, 0.1) is 8.07 Å². The molecule has 1 unspecified atom stereocenters. The third kappa shape index (κ3) is 2.53. The molecule has 0 spiro atoms. The molecule has 1 aromatic rings. The molecule has 0 amide bonds. The zero-order valence-electron chi connectivity index (χ0n) is 12.1. The van der Waals surface area contributed by atoms with Crippen LogP contribution < -0.4 is 0 Å². The van der Waals surface area contributed by atoms with Gasteiger partial charge < -0.3 is 9.47 Å². The smallest absolute Gasteiger partial charge is 0.334 e. The fourth-order valence-corrected chi connectivity index (χ4v) is 4.14. The molecule has 1 heterocycles. The molecule has 106 valence electrons. The van der Waals surface area contributed by atoms with Crippen molar-refractivity contribution < 1.29 is 19.1 Å². The molecule has 0 fully saturated rings. The van der Waals surface area contributed by atoms with Crippen LogP contribution >= 0.6 is 0 Å². The Morgan fingerprint density at radius 1 is 1.20 bits per heavy atom. The Morgan fingerprint density at radius 2 is 1.80 bits per heavy atom. The predicted octanol–water partition coefficient (Wildman–Crippen LogP) is 2.76. The zero-order valence-corrected chi connectivity index (χ0v) is 13.1. The fraction of sp³-hybridized carbons (Fsp3) is 0.333. The fourth-order valence-electron chi connectivity index (χ4n) is 2.36. The summed E-state index contributed by atoms with van der Waals surface area (Å²) in [4.78, 5) is 23.3. The van der Waals surface area contributed by atoms with E-state index < -0.39 is 25.8 Å². The number of carbonyl (C=O) groups excluding carboxylic acids is 2. The van der Waals surface area contributed by atoms with Crippen LogP contribution in [-0.2, 0) is 24.8 Å². The molecule has 0 bridgehead atoms. The second kappa shape index (κ2) is 4.90. The van der Waals surface area contributed by atoms with Crippen molar-refractivity contribution in [2.75, 3.05) is 0 Å². The summed E-state index contributed by atoms with van der Waals surface area (Å²) in [6.45, 7) is 7.57. The van der Waals surface area contributed by atoms with Crippen molar-refractivity contribution in [3.8, 4) is 0 Å². The van der Waals surface area contributed by atoms with Gasteiger partial charge in [0.2, 0.25) is 0 Å². The highest BCUT2D eigenvalue weighted by atomic mass is 28.3. The van der Waals surface area contributed by atoms with Gasteiger partial charge in [0.15, 0.2) is 0 Å². The first-order valence-corrected chi connectivity index (χ1v) is 9.96. The second-order valence-electron chi connectivity index (χ2n) is 5.81. The third-order valence-electron chi connectivity index (χ3n) is 3.11. The Labute approximate surface area is 119 Å². The lowest BCUT2D eigenvalue weighted by Crippen LogP contribution is -2.43. The third-order valence-corrected chi connectivity index (χ3v) is 5.20. The van der Waals surface area contributed by atoms with Crippen molar-refractivity contribution in [2.24, 2.45) is 0 Å². The van der Waals surface area contributed by atoms with Gasteiger partial charge >= 0.3 is 17.7 Å². The molecule has 2 rings (SSSR count). The minimum atomic E-state index is -1.91. The number of ether oxygens (including phenoxy) is 2. The summed E-state index contributed by atoms with van der Waals surface area (Å²) in [6.07, 6.45) is 1.47. The van der Waals surface area contributed by atoms with E-state index >= 15 is 0 Å². The largest absolute Gasteiger partial charge is 0.414 e. The molecule has 0 aromatic heterocycles. The average Bonchev–Trinajstić information content (AvgIpc) is 2.67. The molecular weight excluding hydrogens is 272 g/mol. The van der Waals surface area contributed by atoms with E-state index in [9.17, 15) is 9.59 Å². The Bertz CT molecular complexity index is 571. The van der Waals surface area contributed by atoms with Crippen LogP contribution in [0.15, 0.2) is 41.6 Å². The van der Waals surface area contributed by atoms with Gasteiger partial charge in [-0.2, -0.15) is 0 Å². The molecule has 0 aliphatic carbocycles. The normalized spacial score (nSPS) is 22.2. The van der Waals surface area contributed by atoms with Crippen molar-refractivity contribution in [1.29, 1.82) is 0 Å². The van der Waals surface area contributed by atoms with Crippen LogP contribution in [0.1, 0.15) is 12.5 Å². The Morgan fingerprint density at radius 3 is 2.30 bits per heavy atom. The summed E-state index contributed by atoms with van der Waals surface area (Å²) >= 11 is 0. The van der Waals surface area contributed by atoms with Crippen LogP contribution in [0.5, 0.6) is 0 Å². The lowest BCUT2D eigenvalue weighted by atomic mass is 10.1. The molecule has 0 N–H and O–H groups in total. The molecule has 1 aromatic carbocycles. The number of rotatable bonds is 3. The summed E-state index contributed by atoms with van der Waals surface area (Å²) in [7, 11) is -1.91. The minimum Gasteiger partial charge on any atom is -0.414 e. The average molecular weight is 290 g/mol. The van der Waals surface area contributed by atoms with Gasteiger partial charge in [0, 0.05) is 23.8 Å². The molecule has 1 aliphatic rings. The Balaban J connectivity index is 2.62. The van der Waals surface area contributed by atoms with Crippen molar-refractivity contribution in [3.05, 3.63) is 47.2 Å². The van der Waals surface area contributed by atoms with Gasteiger partial charge in [-0.05, 0) is 0 Å². The zero-order chi connectivity index (χ0) is 15.0. The second-order valence-corrected chi connectivity index (χ2v) is 10.8. The summed E-state index contributed by atoms with van der Waals surface area (Å²) < 4.78 is 10.9. The topological polar surface area (TPSA) is 52.6 Å². The molecule has 0 saturated carbocycles. The number of hydrogen-bond acceptors (Lipinski definition) is 4. The molecular formula is C15H18O4Si. The maximum atomic E-state index is 11.8. The van der Waals surface area contributed by atoms with Crippen molar-refractivity contribution in [2.45, 2.75) is 32.4 Å². The number of carbonyl (C=O) groups is 2. The van der Waals surface area contributed by atoms with E-state index in [-0.39, 0.29) is 0 Å². The van der Waals surface area contributed by atoms with Crippen LogP contribution in [0.25, 0.3) is 0 Å². The van der Waals surface area contributed by atoms with E-state index in [1.165, 1.54) is 13.0 Å².